The highest BCUT2D eigenvalue weighted by Gasteiger charge is 2.38. The zero-order chi connectivity index (χ0) is 30.6. The number of esters is 1. The number of unbranched alkanes of at least 4 members (excludes halogenated alkanes) is 3. The highest BCUT2D eigenvalue weighted by atomic mass is 29.3. The van der Waals surface area contributed by atoms with Crippen molar-refractivity contribution < 1.29 is 23.4 Å². The molecule has 0 saturated carbocycles. The van der Waals surface area contributed by atoms with Crippen LogP contribution in [0.15, 0.2) is 72.8 Å². The molecule has 228 valence electrons. The van der Waals surface area contributed by atoms with E-state index in [-0.39, 0.29) is 6.10 Å². The molecule has 0 saturated heterocycles. The summed E-state index contributed by atoms with van der Waals surface area (Å²) < 4.78 is 23.8. The zero-order valence-electron chi connectivity index (χ0n) is 26.7. The lowest BCUT2D eigenvalue weighted by molar-refractivity contribution is 0.0734. The Bertz CT molecular complexity index is 1220. The predicted octanol–water partition coefficient (Wildman–Crippen LogP) is 9.72. The monoisotopic (exact) mass is 606 g/mol. The minimum Gasteiger partial charge on any atom is -0.494 e. The third-order valence-electron chi connectivity index (χ3n) is 7.97. The Labute approximate surface area is 255 Å². The molecule has 0 radical (unpaired) electrons. The van der Waals surface area contributed by atoms with E-state index in [0.717, 1.165) is 42.1 Å². The van der Waals surface area contributed by atoms with Crippen LogP contribution in [0.1, 0.15) is 62.7 Å². The Morgan fingerprint density at radius 3 is 1.86 bits per heavy atom. The topological polar surface area (TPSA) is 54.0 Å². The van der Waals surface area contributed by atoms with Crippen molar-refractivity contribution in [2.75, 3.05) is 13.2 Å². The minimum absolute atomic E-state index is 0.209. The number of carbonyl (C=O) groups is 1. The fourth-order valence-corrected chi connectivity index (χ4v) is 6.93. The molecule has 3 rings (SSSR count). The van der Waals surface area contributed by atoms with Gasteiger partial charge in [-0.15, -0.1) is 0 Å². The van der Waals surface area contributed by atoms with Crippen molar-refractivity contribution in [1.29, 1.82) is 0 Å². The van der Waals surface area contributed by atoms with Crippen molar-refractivity contribution in [1.82, 2.24) is 0 Å². The smallest absolute Gasteiger partial charge is 0.343 e. The van der Waals surface area contributed by atoms with Crippen LogP contribution >= 0.6 is 0 Å². The number of benzene rings is 3. The van der Waals surface area contributed by atoms with E-state index in [9.17, 15) is 4.79 Å². The maximum atomic E-state index is 12.7. The van der Waals surface area contributed by atoms with Gasteiger partial charge in [-0.1, -0.05) is 70.1 Å². The van der Waals surface area contributed by atoms with Gasteiger partial charge < -0.3 is 18.6 Å². The molecule has 42 heavy (non-hydrogen) atoms. The van der Waals surface area contributed by atoms with Crippen LogP contribution in [0.5, 0.6) is 17.2 Å². The van der Waals surface area contributed by atoms with E-state index in [2.05, 4.69) is 58.7 Å². The lowest BCUT2D eigenvalue weighted by Gasteiger charge is -2.34. The van der Waals surface area contributed by atoms with E-state index in [4.69, 9.17) is 18.6 Å². The Kier molecular flexibility index (Phi) is 12.9. The first-order valence-corrected chi connectivity index (χ1v) is 22.9. The lowest BCUT2D eigenvalue weighted by Crippen LogP contribution is -2.55. The van der Waals surface area contributed by atoms with E-state index in [1.54, 1.807) is 24.3 Å². The highest BCUT2D eigenvalue weighted by molar-refractivity contribution is 7.37. The average molecular weight is 607 g/mol. The molecule has 0 amide bonds. The van der Waals surface area contributed by atoms with E-state index in [0.29, 0.717) is 17.9 Å². The Hall–Kier alpha value is -2.88. The van der Waals surface area contributed by atoms with Crippen LogP contribution in [0.25, 0.3) is 11.1 Å². The van der Waals surface area contributed by atoms with Crippen molar-refractivity contribution in [3.05, 3.63) is 78.4 Å². The van der Waals surface area contributed by atoms with Gasteiger partial charge in [-0.25, -0.2) is 4.79 Å². The fraction of sp³-hybridized carbons (Fsp3) is 0.457. The van der Waals surface area contributed by atoms with E-state index >= 15 is 0 Å². The molecule has 3 aromatic rings. The van der Waals surface area contributed by atoms with Crippen molar-refractivity contribution >= 4 is 21.4 Å². The first-order chi connectivity index (χ1) is 20.0. The van der Waals surface area contributed by atoms with E-state index in [1.807, 2.05) is 36.4 Å². The number of ether oxygens (including phenoxy) is 3. The van der Waals surface area contributed by atoms with Gasteiger partial charge in [0.2, 0.25) is 0 Å². The molecule has 0 unspecified atom stereocenters. The molecule has 0 aromatic heterocycles. The molecule has 0 heterocycles. The van der Waals surface area contributed by atoms with Crippen LogP contribution < -0.4 is 14.2 Å². The number of carbonyl (C=O) groups excluding carboxylic acids is 1. The van der Waals surface area contributed by atoms with E-state index < -0.39 is 21.4 Å². The van der Waals surface area contributed by atoms with Crippen molar-refractivity contribution in [3.8, 4) is 28.4 Å². The second kappa shape index (κ2) is 16.1. The second-order valence-corrected chi connectivity index (χ2v) is 28.5. The van der Waals surface area contributed by atoms with E-state index in [1.165, 1.54) is 25.7 Å². The molecule has 0 fully saturated rings. The molecule has 1 atom stereocenters. The summed E-state index contributed by atoms with van der Waals surface area (Å²) in [5, 5.41) is 0. The summed E-state index contributed by atoms with van der Waals surface area (Å²) in [6.45, 7) is 17.5. The second-order valence-electron chi connectivity index (χ2n) is 12.6. The van der Waals surface area contributed by atoms with Crippen LogP contribution in [-0.2, 0) is 4.43 Å². The van der Waals surface area contributed by atoms with Crippen molar-refractivity contribution in [3.63, 3.8) is 0 Å². The molecular formula is C35H50O5Si2. The van der Waals surface area contributed by atoms with Crippen LogP contribution in [0.4, 0.5) is 0 Å². The predicted molar refractivity (Wildman–Crippen MR) is 179 cm³/mol. The van der Waals surface area contributed by atoms with Gasteiger partial charge in [-0.2, -0.15) is 0 Å². The Morgan fingerprint density at radius 2 is 1.26 bits per heavy atom. The van der Waals surface area contributed by atoms with Gasteiger partial charge in [0, 0.05) is 13.0 Å². The summed E-state index contributed by atoms with van der Waals surface area (Å²) in [5.41, 5.74) is 2.60. The fourth-order valence-electron chi connectivity index (χ4n) is 4.24. The van der Waals surface area contributed by atoms with Gasteiger partial charge in [0.25, 0.3) is 0 Å². The third kappa shape index (κ3) is 10.8. The summed E-state index contributed by atoms with van der Waals surface area (Å²) >= 11 is 0. The average Bonchev–Trinajstić information content (AvgIpc) is 2.96. The first kappa shape index (κ1) is 33.6. The normalized spacial score (nSPS) is 12.5. The zero-order valence-corrected chi connectivity index (χ0v) is 28.7. The molecule has 3 aromatic carbocycles. The first-order valence-electron chi connectivity index (χ1n) is 15.4. The van der Waals surface area contributed by atoms with Crippen molar-refractivity contribution in [2.24, 2.45) is 0 Å². The summed E-state index contributed by atoms with van der Waals surface area (Å²) in [6, 6.07) is 22.8. The summed E-state index contributed by atoms with van der Waals surface area (Å²) in [7, 11) is -2.84. The maximum absolute atomic E-state index is 12.7. The van der Waals surface area contributed by atoms with Gasteiger partial charge in [0.1, 0.15) is 17.2 Å². The third-order valence-corrected chi connectivity index (χ3v) is 23.8. The standard InChI is InChI=1S/C35H50O5Si2/c1-8-9-10-11-13-28(2)39-33-20-18-30(19-21-33)29-14-16-31(17-15-29)35(36)40-34-24-22-32(23-25-34)37-26-12-27-38-42(6,7)41(3,4)5/h14-25,28H,8-13,26-27H2,1-7H3/t28-/m1/s1. The van der Waals surface area contributed by atoms with Crippen LogP contribution in [0, 0.1) is 0 Å². The van der Waals surface area contributed by atoms with Crippen LogP contribution in [0.2, 0.25) is 32.7 Å². The molecule has 0 bridgehead atoms. The van der Waals surface area contributed by atoms with Gasteiger partial charge in [0.15, 0.2) is 7.83 Å². The van der Waals surface area contributed by atoms with Gasteiger partial charge in [-0.05, 0) is 92.5 Å². The van der Waals surface area contributed by atoms with Gasteiger partial charge >= 0.3 is 5.97 Å². The Balaban J connectivity index is 1.43. The number of hydrogen-bond donors (Lipinski definition) is 0. The molecule has 0 aliphatic heterocycles. The molecule has 0 aliphatic rings. The Morgan fingerprint density at radius 1 is 0.690 bits per heavy atom. The maximum Gasteiger partial charge on any atom is 0.343 e. The summed E-state index contributed by atoms with van der Waals surface area (Å²) in [4.78, 5) is 12.7. The SMILES string of the molecule is CCCCCC[C@@H](C)Oc1ccc(-c2ccc(C(=O)Oc3ccc(OCCCO[Si](C)(C)[Si](C)(C)C)cc3)cc2)cc1. The molecule has 5 nitrogen and oxygen atoms in total. The van der Waals surface area contributed by atoms with Gasteiger partial charge in [-0.3, -0.25) is 0 Å². The quantitative estimate of drug-likeness (QED) is 0.0663. The molecule has 7 heteroatoms. The van der Waals surface area contributed by atoms with Gasteiger partial charge in [0.05, 0.1) is 25.9 Å². The van der Waals surface area contributed by atoms with Crippen molar-refractivity contribution in [2.45, 2.75) is 91.2 Å². The number of hydrogen-bond acceptors (Lipinski definition) is 5. The molecule has 0 spiro atoms. The highest BCUT2D eigenvalue weighted by Crippen LogP contribution is 2.25. The number of rotatable bonds is 17. The van der Waals surface area contributed by atoms with Crippen LogP contribution in [-0.4, -0.2) is 40.7 Å². The van der Waals surface area contributed by atoms with Crippen LogP contribution in [0.3, 0.4) is 0 Å². The largest absolute Gasteiger partial charge is 0.494 e. The molecule has 0 aliphatic carbocycles. The summed E-state index contributed by atoms with van der Waals surface area (Å²) in [5.74, 6) is 1.73. The molecular weight excluding hydrogens is 557 g/mol. The minimum atomic E-state index is -1.59. The summed E-state index contributed by atoms with van der Waals surface area (Å²) in [6.07, 6.45) is 7.14. The lowest BCUT2D eigenvalue weighted by atomic mass is 10.0. The molecule has 0 N–H and O–H groups in total.